The van der Waals surface area contributed by atoms with Crippen molar-refractivity contribution in [2.45, 2.75) is 13.8 Å². The molecule has 0 spiro atoms. The quantitative estimate of drug-likeness (QED) is 0.689. The van der Waals surface area contributed by atoms with Crippen molar-refractivity contribution >= 4 is 5.78 Å². The van der Waals surface area contributed by atoms with Gasteiger partial charge in [-0.1, -0.05) is 0 Å². The second-order valence-corrected chi connectivity index (χ2v) is 3.58. The Morgan fingerprint density at radius 3 is 2.31 bits per heavy atom. The van der Waals surface area contributed by atoms with Gasteiger partial charge >= 0.3 is 0 Å². The van der Waals surface area contributed by atoms with Crippen LogP contribution >= 0.6 is 0 Å². The molecule has 13 heavy (non-hydrogen) atoms. The molecule has 4 heteroatoms. The minimum absolute atomic E-state index is 0. The summed E-state index contributed by atoms with van der Waals surface area (Å²) in [6.45, 7) is 9.15. The van der Waals surface area contributed by atoms with Crippen molar-refractivity contribution < 1.29 is 46.7 Å². The molecule has 0 aromatic carbocycles. The Morgan fingerprint density at radius 1 is 1.38 bits per heavy atom. The topological polar surface area (TPSA) is 26.3 Å². The van der Waals surface area contributed by atoms with E-state index in [-0.39, 0.29) is 32.7 Å². The first-order valence-electron chi connectivity index (χ1n) is 4.61. The second-order valence-electron chi connectivity index (χ2n) is 3.58. The second kappa shape index (κ2) is 6.23. The van der Waals surface area contributed by atoms with Gasteiger partial charge < -0.3 is 9.22 Å². The van der Waals surface area contributed by atoms with Gasteiger partial charge in [-0.3, -0.25) is 4.79 Å². The largest absolute Gasteiger partial charge is 0.370 e. The van der Waals surface area contributed by atoms with Crippen molar-refractivity contribution in [2.75, 3.05) is 39.4 Å². The summed E-state index contributed by atoms with van der Waals surface area (Å²) < 4.78 is 6.21. The van der Waals surface area contributed by atoms with Crippen molar-refractivity contribution in [1.29, 1.82) is 0 Å². The summed E-state index contributed by atoms with van der Waals surface area (Å²) in [6.07, 6.45) is 0. The molecule has 0 aromatic heterocycles. The van der Waals surface area contributed by atoms with Crippen molar-refractivity contribution in [3.8, 4) is 0 Å². The van der Waals surface area contributed by atoms with E-state index in [0.29, 0.717) is 12.3 Å². The number of rotatable bonds is 3. The molecule has 0 unspecified atom stereocenters. The Bertz CT molecular complexity index is 167. The van der Waals surface area contributed by atoms with Gasteiger partial charge in [-0.2, -0.15) is 0 Å². The zero-order chi connectivity index (χ0) is 9.03. The number of quaternary nitrogens is 1. The molecular formula is C9H18NO2Y+. The van der Waals surface area contributed by atoms with Gasteiger partial charge in [0.25, 0.3) is 0 Å². The van der Waals surface area contributed by atoms with Crippen LogP contribution in [-0.4, -0.2) is 49.7 Å². The third kappa shape index (κ3) is 4.15. The monoisotopic (exact) mass is 261 g/mol. The minimum Gasteiger partial charge on any atom is -0.370 e. The molecule has 3 nitrogen and oxygen atoms in total. The van der Waals surface area contributed by atoms with E-state index < -0.39 is 0 Å². The summed E-state index contributed by atoms with van der Waals surface area (Å²) in [5.41, 5.74) is 0. The number of carbonyl (C=O) groups excluding carboxylic acids is 1. The number of likely N-dealkylation sites (N-methyl/N-ethyl adjacent to an activating group) is 1. The average molecular weight is 261 g/mol. The Labute approximate surface area is 105 Å². The van der Waals surface area contributed by atoms with Crippen LogP contribution in [0.15, 0.2) is 0 Å². The van der Waals surface area contributed by atoms with Crippen LogP contribution in [0.1, 0.15) is 13.8 Å². The van der Waals surface area contributed by atoms with Gasteiger partial charge in [-0.05, 0) is 6.92 Å². The van der Waals surface area contributed by atoms with Crippen LogP contribution in [-0.2, 0) is 42.2 Å². The molecule has 0 N–H and O–H groups in total. The molecule has 1 heterocycles. The molecule has 0 saturated carbocycles. The predicted octanol–water partition coefficient (Wildman–Crippen LogP) is 0.440. The third-order valence-corrected chi connectivity index (χ3v) is 2.65. The number of Topliss-reactive ketones (excluding diaryl/α,β-unsaturated/α-hetero) is 1. The van der Waals surface area contributed by atoms with E-state index in [2.05, 4.69) is 6.92 Å². The Morgan fingerprint density at radius 2 is 1.92 bits per heavy atom. The molecule has 1 radical (unpaired) electrons. The number of hydrogen-bond donors (Lipinski definition) is 0. The fraction of sp³-hybridized carbons (Fsp3) is 0.889. The summed E-state index contributed by atoms with van der Waals surface area (Å²) in [5.74, 6) is 0.291. The van der Waals surface area contributed by atoms with Crippen LogP contribution in [0.4, 0.5) is 0 Å². The number of morpholine rings is 1. The maximum Gasteiger partial charge on any atom is 0.183 e. The van der Waals surface area contributed by atoms with Gasteiger partial charge in [-0.25, -0.2) is 0 Å². The van der Waals surface area contributed by atoms with Crippen LogP contribution in [0.25, 0.3) is 0 Å². The summed E-state index contributed by atoms with van der Waals surface area (Å²) in [4.78, 5) is 11.0. The third-order valence-electron chi connectivity index (χ3n) is 2.65. The summed E-state index contributed by atoms with van der Waals surface area (Å²) in [6, 6.07) is 0. The SMILES string of the molecule is CC[N+]1(CC(C)=O)CCOCC1.[Y]. The van der Waals surface area contributed by atoms with Gasteiger partial charge in [0, 0.05) is 39.6 Å². The van der Waals surface area contributed by atoms with Gasteiger partial charge in [-0.15, -0.1) is 0 Å². The molecule has 0 bridgehead atoms. The van der Waals surface area contributed by atoms with E-state index >= 15 is 0 Å². The Kier molecular flexibility index (Phi) is 6.56. The maximum atomic E-state index is 11.0. The van der Waals surface area contributed by atoms with Crippen molar-refractivity contribution in [1.82, 2.24) is 0 Å². The van der Waals surface area contributed by atoms with Crippen LogP contribution in [0, 0.1) is 0 Å². The Hall–Kier alpha value is 0.694. The van der Waals surface area contributed by atoms with Crippen LogP contribution in [0.5, 0.6) is 0 Å². The van der Waals surface area contributed by atoms with Crippen LogP contribution in [0.2, 0.25) is 0 Å². The van der Waals surface area contributed by atoms with Gasteiger partial charge in [0.15, 0.2) is 5.78 Å². The molecule has 1 rings (SSSR count). The summed E-state index contributed by atoms with van der Waals surface area (Å²) in [5, 5.41) is 0. The first-order chi connectivity index (χ1) is 5.68. The molecule has 1 fully saturated rings. The van der Waals surface area contributed by atoms with E-state index in [1.54, 1.807) is 6.92 Å². The summed E-state index contributed by atoms with van der Waals surface area (Å²) >= 11 is 0. The van der Waals surface area contributed by atoms with Crippen molar-refractivity contribution in [2.24, 2.45) is 0 Å². The first-order valence-corrected chi connectivity index (χ1v) is 4.61. The Balaban J connectivity index is 0.00000144. The molecule has 0 atom stereocenters. The zero-order valence-corrected chi connectivity index (χ0v) is 11.4. The van der Waals surface area contributed by atoms with E-state index in [0.717, 1.165) is 37.3 Å². The molecule has 1 aliphatic rings. The fourth-order valence-corrected chi connectivity index (χ4v) is 1.79. The summed E-state index contributed by atoms with van der Waals surface area (Å²) in [7, 11) is 0. The molecule has 1 saturated heterocycles. The molecule has 0 aromatic rings. The fourth-order valence-electron chi connectivity index (χ4n) is 1.79. The van der Waals surface area contributed by atoms with Crippen molar-refractivity contribution in [3.63, 3.8) is 0 Å². The van der Waals surface area contributed by atoms with E-state index in [1.807, 2.05) is 0 Å². The van der Waals surface area contributed by atoms with Crippen LogP contribution in [0.3, 0.4) is 0 Å². The normalized spacial score (nSPS) is 20.5. The number of hydrogen-bond acceptors (Lipinski definition) is 2. The predicted molar refractivity (Wildman–Crippen MR) is 46.9 cm³/mol. The zero-order valence-electron chi connectivity index (χ0n) is 8.58. The maximum absolute atomic E-state index is 11.0. The average Bonchev–Trinajstić information content (AvgIpc) is 2.05. The smallest absolute Gasteiger partial charge is 0.183 e. The van der Waals surface area contributed by atoms with Crippen molar-refractivity contribution in [3.05, 3.63) is 0 Å². The molecule has 73 valence electrons. The van der Waals surface area contributed by atoms with E-state index in [1.165, 1.54) is 0 Å². The van der Waals surface area contributed by atoms with Gasteiger partial charge in [0.2, 0.25) is 0 Å². The van der Waals surface area contributed by atoms with Crippen LogP contribution < -0.4 is 0 Å². The number of nitrogens with zero attached hydrogens (tertiary/aromatic N) is 1. The number of ether oxygens (including phenoxy) is 1. The van der Waals surface area contributed by atoms with E-state index in [9.17, 15) is 4.79 Å². The number of ketones is 1. The van der Waals surface area contributed by atoms with Gasteiger partial charge in [0.05, 0.1) is 19.8 Å². The molecule has 1 aliphatic heterocycles. The number of carbonyl (C=O) groups is 1. The molecule has 0 amide bonds. The molecular weight excluding hydrogens is 243 g/mol. The minimum atomic E-state index is 0. The van der Waals surface area contributed by atoms with E-state index in [4.69, 9.17) is 4.74 Å². The van der Waals surface area contributed by atoms with Gasteiger partial charge in [0.1, 0.15) is 19.6 Å². The molecule has 0 aliphatic carbocycles. The standard InChI is InChI=1S/C9H18NO2.Y/c1-3-10(8-9(2)11)4-6-12-7-5-10;/h3-8H2,1-2H3;/q+1;. The first kappa shape index (κ1) is 13.7.